The minimum Gasteiger partial charge on any atom is -0.166 e. The predicted octanol–water partition coefficient (Wildman–Crippen LogP) is 5.45. The molecule has 0 heterocycles. The van der Waals surface area contributed by atoms with Crippen LogP contribution in [0.1, 0.15) is 37.8 Å². The molecular formula is C14H18BrF3. The van der Waals surface area contributed by atoms with Crippen molar-refractivity contribution in [3.8, 4) is 0 Å². The summed E-state index contributed by atoms with van der Waals surface area (Å²) in [5.74, 6) is 0.581. The van der Waals surface area contributed by atoms with Crippen molar-refractivity contribution in [1.29, 1.82) is 0 Å². The van der Waals surface area contributed by atoms with Crippen molar-refractivity contribution in [3.05, 3.63) is 35.4 Å². The van der Waals surface area contributed by atoms with Crippen molar-refractivity contribution < 1.29 is 13.2 Å². The van der Waals surface area contributed by atoms with Gasteiger partial charge in [0, 0.05) is 4.83 Å². The van der Waals surface area contributed by atoms with Gasteiger partial charge in [-0.25, -0.2) is 0 Å². The lowest BCUT2D eigenvalue weighted by molar-refractivity contribution is -0.137. The smallest absolute Gasteiger partial charge is 0.166 e. The van der Waals surface area contributed by atoms with E-state index < -0.39 is 11.7 Å². The largest absolute Gasteiger partial charge is 0.416 e. The molecule has 0 saturated heterocycles. The first kappa shape index (κ1) is 15.5. The highest BCUT2D eigenvalue weighted by atomic mass is 79.9. The van der Waals surface area contributed by atoms with Gasteiger partial charge < -0.3 is 0 Å². The van der Waals surface area contributed by atoms with Crippen LogP contribution < -0.4 is 0 Å². The van der Waals surface area contributed by atoms with Crippen LogP contribution in [0, 0.1) is 5.92 Å². The van der Waals surface area contributed by atoms with Crippen LogP contribution >= 0.6 is 15.9 Å². The molecule has 102 valence electrons. The summed E-state index contributed by atoms with van der Waals surface area (Å²) in [6.07, 6.45) is -1.39. The summed E-state index contributed by atoms with van der Waals surface area (Å²) < 4.78 is 37.1. The fourth-order valence-electron chi connectivity index (χ4n) is 1.69. The van der Waals surface area contributed by atoms with Crippen molar-refractivity contribution in [3.63, 3.8) is 0 Å². The van der Waals surface area contributed by atoms with Crippen LogP contribution in [0.2, 0.25) is 0 Å². The highest BCUT2D eigenvalue weighted by Gasteiger charge is 2.29. The van der Waals surface area contributed by atoms with E-state index >= 15 is 0 Å². The van der Waals surface area contributed by atoms with Gasteiger partial charge >= 0.3 is 6.18 Å². The van der Waals surface area contributed by atoms with Crippen molar-refractivity contribution in [2.24, 2.45) is 5.92 Å². The van der Waals surface area contributed by atoms with Crippen LogP contribution in [0.25, 0.3) is 0 Å². The van der Waals surface area contributed by atoms with Crippen LogP contribution in [0.5, 0.6) is 0 Å². The molecule has 1 rings (SSSR count). The first-order chi connectivity index (χ1) is 8.30. The van der Waals surface area contributed by atoms with Crippen LogP contribution in [0.4, 0.5) is 13.2 Å². The van der Waals surface area contributed by atoms with E-state index in [1.165, 1.54) is 0 Å². The fraction of sp³-hybridized carbons (Fsp3) is 0.571. The lowest BCUT2D eigenvalue weighted by Gasteiger charge is -2.13. The molecule has 0 spiro atoms. The number of benzene rings is 1. The van der Waals surface area contributed by atoms with Gasteiger partial charge in [0.2, 0.25) is 0 Å². The second-order valence-corrected chi connectivity index (χ2v) is 6.02. The standard InChI is InChI=1S/C14H18BrF3/c1-10(2)13(15)5-3-4-11-6-8-12(9-7-11)14(16,17)18/h6-10,13H,3-5H2,1-2H3. The van der Waals surface area contributed by atoms with Gasteiger partial charge in [-0.15, -0.1) is 0 Å². The monoisotopic (exact) mass is 322 g/mol. The molecule has 0 fully saturated rings. The van der Waals surface area contributed by atoms with Gasteiger partial charge in [-0.2, -0.15) is 13.2 Å². The summed E-state index contributed by atoms with van der Waals surface area (Å²) >= 11 is 3.60. The van der Waals surface area contributed by atoms with Gasteiger partial charge in [0.1, 0.15) is 0 Å². The number of rotatable bonds is 5. The molecule has 1 aromatic carbocycles. The third kappa shape index (κ3) is 5.01. The normalized spacial score (nSPS) is 13.9. The van der Waals surface area contributed by atoms with E-state index in [1.54, 1.807) is 12.1 Å². The van der Waals surface area contributed by atoms with E-state index in [2.05, 4.69) is 29.8 Å². The summed E-state index contributed by atoms with van der Waals surface area (Å²) in [6, 6.07) is 5.45. The number of aryl methyl sites for hydroxylation is 1. The molecule has 0 aliphatic rings. The number of hydrogen-bond acceptors (Lipinski definition) is 0. The number of halogens is 4. The Kier molecular flexibility index (Phi) is 5.70. The quantitative estimate of drug-likeness (QED) is 0.632. The Morgan fingerprint density at radius 3 is 2.11 bits per heavy atom. The Hall–Kier alpha value is -0.510. The molecule has 0 bridgehead atoms. The second kappa shape index (κ2) is 6.60. The first-order valence-electron chi connectivity index (χ1n) is 6.11. The summed E-state index contributed by atoms with van der Waals surface area (Å²) in [5, 5.41) is 0. The molecule has 0 saturated carbocycles. The molecule has 1 unspecified atom stereocenters. The molecule has 0 aromatic heterocycles. The zero-order valence-corrected chi connectivity index (χ0v) is 12.2. The molecule has 18 heavy (non-hydrogen) atoms. The molecule has 0 nitrogen and oxygen atoms in total. The molecule has 0 radical (unpaired) electrons. The van der Waals surface area contributed by atoms with E-state index in [4.69, 9.17) is 0 Å². The van der Waals surface area contributed by atoms with E-state index in [9.17, 15) is 13.2 Å². The fourth-order valence-corrected chi connectivity index (χ4v) is 2.02. The molecule has 1 atom stereocenters. The van der Waals surface area contributed by atoms with Crippen LogP contribution in [0.3, 0.4) is 0 Å². The zero-order valence-electron chi connectivity index (χ0n) is 10.6. The minimum absolute atomic E-state index is 0.479. The average Bonchev–Trinajstić information content (AvgIpc) is 2.28. The van der Waals surface area contributed by atoms with Gasteiger partial charge in [0.05, 0.1) is 5.56 Å². The van der Waals surface area contributed by atoms with Gasteiger partial charge in [-0.1, -0.05) is 41.9 Å². The molecule has 1 aromatic rings. The van der Waals surface area contributed by atoms with Crippen molar-refractivity contribution in [2.45, 2.75) is 44.1 Å². The topological polar surface area (TPSA) is 0 Å². The Morgan fingerprint density at radius 1 is 1.11 bits per heavy atom. The average molecular weight is 323 g/mol. The lowest BCUT2D eigenvalue weighted by atomic mass is 10.0. The van der Waals surface area contributed by atoms with Crippen molar-refractivity contribution in [2.75, 3.05) is 0 Å². The second-order valence-electron chi connectivity index (χ2n) is 4.85. The van der Waals surface area contributed by atoms with E-state index in [0.29, 0.717) is 10.7 Å². The maximum absolute atomic E-state index is 12.4. The Balaban J connectivity index is 2.45. The van der Waals surface area contributed by atoms with Crippen LogP contribution in [0.15, 0.2) is 24.3 Å². The molecule has 0 aliphatic heterocycles. The van der Waals surface area contributed by atoms with Gasteiger partial charge in [0.15, 0.2) is 0 Å². The third-order valence-corrected chi connectivity index (χ3v) is 4.47. The Bertz CT molecular complexity index is 354. The van der Waals surface area contributed by atoms with Crippen molar-refractivity contribution in [1.82, 2.24) is 0 Å². The lowest BCUT2D eigenvalue weighted by Crippen LogP contribution is -2.07. The number of hydrogen-bond donors (Lipinski definition) is 0. The zero-order chi connectivity index (χ0) is 13.8. The predicted molar refractivity (Wildman–Crippen MR) is 71.9 cm³/mol. The van der Waals surface area contributed by atoms with E-state index in [0.717, 1.165) is 37.0 Å². The SMILES string of the molecule is CC(C)C(Br)CCCc1ccc(C(F)(F)F)cc1. The Morgan fingerprint density at radius 2 is 1.67 bits per heavy atom. The maximum Gasteiger partial charge on any atom is 0.416 e. The minimum atomic E-state index is -4.24. The van der Waals surface area contributed by atoms with E-state index in [1.807, 2.05) is 0 Å². The van der Waals surface area contributed by atoms with Gasteiger partial charge in [-0.05, 0) is 42.9 Å². The summed E-state index contributed by atoms with van der Waals surface area (Å²) in [4.78, 5) is 0.479. The molecule has 0 amide bonds. The highest BCUT2D eigenvalue weighted by Crippen LogP contribution is 2.29. The molecule has 0 N–H and O–H groups in total. The van der Waals surface area contributed by atoms with Crippen LogP contribution in [-0.4, -0.2) is 4.83 Å². The molecule has 0 aliphatic carbocycles. The summed E-state index contributed by atoms with van der Waals surface area (Å²) in [7, 11) is 0. The third-order valence-electron chi connectivity index (χ3n) is 2.95. The van der Waals surface area contributed by atoms with Gasteiger partial charge in [0.25, 0.3) is 0 Å². The summed E-state index contributed by atoms with van der Waals surface area (Å²) in [5.41, 5.74) is 0.387. The van der Waals surface area contributed by atoms with Gasteiger partial charge in [-0.3, -0.25) is 0 Å². The number of alkyl halides is 4. The molecule has 4 heteroatoms. The van der Waals surface area contributed by atoms with E-state index in [-0.39, 0.29) is 0 Å². The maximum atomic E-state index is 12.4. The Labute approximate surface area is 115 Å². The molecular weight excluding hydrogens is 305 g/mol. The van der Waals surface area contributed by atoms with Crippen molar-refractivity contribution >= 4 is 15.9 Å². The van der Waals surface area contributed by atoms with Crippen LogP contribution in [-0.2, 0) is 12.6 Å². The first-order valence-corrected chi connectivity index (χ1v) is 7.02. The summed E-state index contributed by atoms with van der Waals surface area (Å²) in [6.45, 7) is 4.30. The highest BCUT2D eigenvalue weighted by molar-refractivity contribution is 9.09.